The van der Waals surface area contributed by atoms with Crippen LogP contribution in [0, 0.1) is 0 Å². The summed E-state index contributed by atoms with van der Waals surface area (Å²) >= 11 is 0. The molecular weight excluding hydrogens is 398 g/mol. The number of Topliss-reactive ketones (excluding diaryl/α,β-unsaturated/α-hetero) is 1. The van der Waals surface area contributed by atoms with Crippen LogP contribution in [0.2, 0.25) is 0 Å². The van der Waals surface area contributed by atoms with Gasteiger partial charge in [0, 0.05) is 12.1 Å². The average molecular weight is 423 g/mol. The van der Waals surface area contributed by atoms with Crippen LogP contribution in [0.25, 0.3) is 5.76 Å². The van der Waals surface area contributed by atoms with E-state index in [1.165, 1.54) is 4.90 Å². The first-order valence-corrected chi connectivity index (χ1v) is 10.4. The van der Waals surface area contributed by atoms with Crippen molar-refractivity contribution in [3.05, 3.63) is 59.2 Å². The highest BCUT2D eigenvalue weighted by Crippen LogP contribution is 2.41. The lowest BCUT2D eigenvalue weighted by Gasteiger charge is -2.25. The van der Waals surface area contributed by atoms with Gasteiger partial charge in [-0.3, -0.25) is 9.59 Å². The minimum Gasteiger partial charge on any atom is -0.507 e. The quantitative estimate of drug-likeness (QED) is 0.433. The van der Waals surface area contributed by atoms with Crippen LogP contribution in [0.3, 0.4) is 0 Å². The average Bonchev–Trinajstić information content (AvgIpc) is 3.06. The van der Waals surface area contributed by atoms with Gasteiger partial charge in [-0.1, -0.05) is 25.5 Å². The highest BCUT2D eigenvalue weighted by atomic mass is 16.6. The summed E-state index contributed by atoms with van der Waals surface area (Å²) in [4.78, 5) is 27.4. The largest absolute Gasteiger partial charge is 0.507 e. The van der Waals surface area contributed by atoms with Crippen molar-refractivity contribution in [3.63, 3.8) is 0 Å². The number of aliphatic hydroxyl groups excluding tert-OH is 1. The predicted octanol–water partition coefficient (Wildman–Crippen LogP) is 3.69. The number of benzene rings is 2. The van der Waals surface area contributed by atoms with Gasteiger partial charge in [0.25, 0.3) is 11.7 Å². The molecule has 0 saturated carbocycles. The van der Waals surface area contributed by atoms with Crippen LogP contribution in [0.1, 0.15) is 36.9 Å². The molecule has 1 saturated heterocycles. The van der Waals surface area contributed by atoms with Crippen molar-refractivity contribution in [1.82, 2.24) is 4.90 Å². The Kier molecular flexibility index (Phi) is 5.84. The number of carbonyl (C=O) groups excluding carboxylic acids is 2. The Labute approximate surface area is 180 Å². The van der Waals surface area contributed by atoms with E-state index in [1.807, 2.05) is 13.0 Å². The molecule has 7 nitrogen and oxygen atoms in total. The molecule has 2 aromatic rings. The number of rotatable bonds is 6. The highest BCUT2D eigenvalue weighted by Gasteiger charge is 2.45. The van der Waals surface area contributed by atoms with Gasteiger partial charge in [0.15, 0.2) is 11.5 Å². The number of ether oxygens (including phenoxy) is 3. The number of carbonyl (C=O) groups is 2. The minimum absolute atomic E-state index is 0.0611. The number of hydrogen-bond donors (Lipinski definition) is 1. The fourth-order valence-electron chi connectivity index (χ4n) is 3.94. The maximum atomic E-state index is 13.0. The van der Waals surface area contributed by atoms with E-state index in [1.54, 1.807) is 43.5 Å². The van der Waals surface area contributed by atoms with E-state index in [-0.39, 0.29) is 11.3 Å². The number of nitrogens with zero attached hydrogens (tertiary/aromatic N) is 1. The lowest BCUT2D eigenvalue weighted by Crippen LogP contribution is -2.30. The molecular formula is C24H25NO6. The van der Waals surface area contributed by atoms with E-state index < -0.39 is 17.7 Å². The molecule has 0 radical (unpaired) electrons. The molecule has 7 heteroatoms. The Morgan fingerprint density at radius 1 is 1.13 bits per heavy atom. The number of unbranched alkanes of at least 4 members (excludes halogenated alkanes) is 1. The van der Waals surface area contributed by atoms with Gasteiger partial charge in [0.2, 0.25) is 0 Å². The first-order valence-electron chi connectivity index (χ1n) is 10.4. The summed E-state index contributed by atoms with van der Waals surface area (Å²) in [6.45, 7) is 3.30. The molecule has 1 unspecified atom stereocenters. The topological polar surface area (TPSA) is 85.3 Å². The van der Waals surface area contributed by atoms with Crippen LogP contribution in [0.5, 0.6) is 17.2 Å². The van der Waals surface area contributed by atoms with Crippen LogP contribution < -0.4 is 14.2 Å². The van der Waals surface area contributed by atoms with Crippen molar-refractivity contribution in [2.75, 3.05) is 26.9 Å². The summed E-state index contributed by atoms with van der Waals surface area (Å²) < 4.78 is 16.5. The zero-order valence-electron chi connectivity index (χ0n) is 17.6. The van der Waals surface area contributed by atoms with E-state index in [0.29, 0.717) is 48.1 Å². The Hall–Kier alpha value is -3.48. The molecule has 0 aliphatic carbocycles. The number of likely N-dealkylation sites (tertiary alicyclic amines) is 1. The number of fused-ring (bicyclic) bond motifs is 1. The summed E-state index contributed by atoms with van der Waals surface area (Å²) in [5.41, 5.74) is 1.16. The molecule has 2 heterocycles. The van der Waals surface area contributed by atoms with Gasteiger partial charge in [-0.25, -0.2) is 0 Å². The maximum Gasteiger partial charge on any atom is 0.295 e. The summed E-state index contributed by atoms with van der Waals surface area (Å²) in [5, 5.41) is 11.2. The van der Waals surface area contributed by atoms with Crippen molar-refractivity contribution in [2.45, 2.75) is 25.8 Å². The van der Waals surface area contributed by atoms with Crippen LogP contribution in [-0.4, -0.2) is 48.6 Å². The monoisotopic (exact) mass is 423 g/mol. The van der Waals surface area contributed by atoms with Crippen LogP contribution in [0.4, 0.5) is 0 Å². The van der Waals surface area contributed by atoms with Crippen LogP contribution >= 0.6 is 0 Å². The van der Waals surface area contributed by atoms with E-state index >= 15 is 0 Å². The maximum absolute atomic E-state index is 13.0. The van der Waals surface area contributed by atoms with Crippen molar-refractivity contribution in [2.24, 2.45) is 0 Å². The van der Waals surface area contributed by atoms with Gasteiger partial charge < -0.3 is 24.2 Å². The van der Waals surface area contributed by atoms with Crippen molar-refractivity contribution in [3.8, 4) is 17.2 Å². The van der Waals surface area contributed by atoms with Gasteiger partial charge in [-0.05, 0) is 42.3 Å². The molecule has 2 aliphatic heterocycles. The van der Waals surface area contributed by atoms with Gasteiger partial charge in [0.05, 0.1) is 18.7 Å². The summed E-state index contributed by atoms with van der Waals surface area (Å²) in [7, 11) is 1.56. The first kappa shape index (κ1) is 20.8. The predicted molar refractivity (Wildman–Crippen MR) is 114 cm³/mol. The zero-order chi connectivity index (χ0) is 22.0. The molecule has 2 aromatic carbocycles. The number of aliphatic hydroxyl groups is 1. The summed E-state index contributed by atoms with van der Waals surface area (Å²) in [5.74, 6) is 0.140. The molecule has 0 spiro atoms. The molecule has 0 bridgehead atoms. The fraction of sp³-hybridized carbons (Fsp3) is 0.333. The third-order valence-corrected chi connectivity index (χ3v) is 5.52. The second-order valence-electron chi connectivity index (χ2n) is 7.48. The molecule has 1 fully saturated rings. The van der Waals surface area contributed by atoms with Gasteiger partial charge >= 0.3 is 0 Å². The number of methoxy groups -OCH3 is 1. The number of amides is 1. The van der Waals surface area contributed by atoms with E-state index in [2.05, 4.69) is 0 Å². The van der Waals surface area contributed by atoms with Crippen molar-refractivity contribution < 1.29 is 28.9 Å². The van der Waals surface area contributed by atoms with E-state index in [9.17, 15) is 14.7 Å². The first-order chi connectivity index (χ1) is 15.0. The van der Waals surface area contributed by atoms with Gasteiger partial charge in [0.1, 0.15) is 24.7 Å². The Morgan fingerprint density at radius 2 is 1.90 bits per heavy atom. The van der Waals surface area contributed by atoms with Crippen LogP contribution in [0.15, 0.2) is 48.0 Å². The molecule has 1 amide bonds. The Balaban J connectivity index is 1.84. The molecule has 162 valence electrons. The fourth-order valence-corrected chi connectivity index (χ4v) is 3.94. The van der Waals surface area contributed by atoms with Crippen molar-refractivity contribution in [1.29, 1.82) is 0 Å². The summed E-state index contributed by atoms with van der Waals surface area (Å²) in [6, 6.07) is 11.5. The smallest absolute Gasteiger partial charge is 0.295 e. The van der Waals surface area contributed by atoms with Gasteiger partial charge in [-0.2, -0.15) is 0 Å². The van der Waals surface area contributed by atoms with E-state index in [4.69, 9.17) is 14.2 Å². The minimum atomic E-state index is -0.699. The number of hydrogen-bond acceptors (Lipinski definition) is 6. The van der Waals surface area contributed by atoms with Crippen LogP contribution in [-0.2, 0) is 9.59 Å². The second-order valence-corrected chi connectivity index (χ2v) is 7.48. The highest BCUT2D eigenvalue weighted by molar-refractivity contribution is 6.46. The SMILES string of the molecule is CCCCN1C(=O)C(=O)/C(=C(\O)c2ccc3c(c2)OCCO3)C1c1cccc(OC)c1. The molecule has 31 heavy (non-hydrogen) atoms. The lowest BCUT2D eigenvalue weighted by molar-refractivity contribution is -0.139. The molecule has 4 rings (SSSR count). The zero-order valence-corrected chi connectivity index (χ0v) is 17.6. The second kappa shape index (κ2) is 8.71. The normalized spacial score (nSPS) is 19.5. The third kappa shape index (κ3) is 3.83. The van der Waals surface area contributed by atoms with Gasteiger partial charge in [-0.15, -0.1) is 0 Å². The standard InChI is InChI=1S/C24H25NO6/c1-3-4-10-25-21(15-6-5-7-17(13-15)29-2)20(23(27)24(25)28)22(26)16-8-9-18-19(14-16)31-12-11-30-18/h5-9,13-14,21,26H,3-4,10-12H2,1-2H3/b22-20-. The lowest BCUT2D eigenvalue weighted by atomic mass is 9.95. The Morgan fingerprint density at radius 3 is 2.65 bits per heavy atom. The molecule has 1 N–H and O–H groups in total. The Bertz CT molecular complexity index is 1040. The molecule has 1 atom stereocenters. The molecule has 2 aliphatic rings. The third-order valence-electron chi connectivity index (χ3n) is 5.52. The van der Waals surface area contributed by atoms with Crippen molar-refractivity contribution >= 4 is 17.4 Å². The molecule has 0 aromatic heterocycles. The number of ketones is 1. The van der Waals surface area contributed by atoms with E-state index in [0.717, 1.165) is 12.8 Å². The summed E-state index contributed by atoms with van der Waals surface area (Å²) in [6.07, 6.45) is 1.62.